The summed E-state index contributed by atoms with van der Waals surface area (Å²) in [6, 6.07) is 24.5. The maximum absolute atomic E-state index is 14.2. The molecule has 0 saturated carbocycles. The van der Waals surface area contributed by atoms with E-state index in [0.29, 0.717) is 33.0 Å². The van der Waals surface area contributed by atoms with Crippen molar-refractivity contribution in [3.63, 3.8) is 0 Å². The summed E-state index contributed by atoms with van der Waals surface area (Å²) in [5.41, 5.74) is 2.02. The molecule has 1 N–H and O–H groups in total. The summed E-state index contributed by atoms with van der Waals surface area (Å²) in [5.74, 6) is -3.98. The third kappa shape index (κ3) is 6.95. The second kappa shape index (κ2) is 12.1. The molecule has 1 heterocycles. The van der Waals surface area contributed by atoms with Gasteiger partial charge in [-0.3, -0.25) is 4.79 Å². The van der Waals surface area contributed by atoms with E-state index in [4.69, 9.17) is 9.52 Å². The highest BCUT2D eigenvalue weighted by Gasteiger charge is 2.36. The number of sulfone groups is 1. The van der Waals surface area contributed by atoms with Crippen molar-refractivity contribution >= 4 is 36.6 Å². The minimum absolute atomic E-state index is 0.0270. The molecule has 0 amide bonds. The number of alkyl halides is 3. The molecule has 0 spiro atoms. The molecule has 0 aliphatic rings. The molecule has 8 nitrogen and oxygen atoms in total. The Bertz CT molecular complexity index is 2100. The van der Waals surface area contributed by atoms with Crippen LogP contribution in [0.4, 0.5) is 13.2 Å². The first kappa shape index (κ1) is 31.9. The largest absolute Gasteiger partial charge is 0.480 e. The number of aryl methyl sites for hydroxylation is 1. The van der Waals surface area contributed by atoms with E-state index in [1.54, 1.807) is 73.7 Å². The molecule has 234 valence electrons. The molecule has 0 aliphatic heterocycles. The number of carbonyl (C=O) groups is 1. The van der Waals surface area contributed by atoms with Crippen molar-refractivity contribution in [3.8, 4) is 11.1 Å². The van der Waals surface area contributed by atoms with Gasteiger partial charge in [0, 0.05) is 11.9 Å². The Kier molecular flexibility index (Phi) is 8.62. The van der Waals surface area contributed by atoms with Gasteiger partial charge >= 0.3 is 12.1 Å². The summed E-state index contributed by atoms with van der Waals surface area (Å²) in [4.78, 5) is 10.9. The molecule has 13 heteroatoms. The first-order chi connectivity index (χ1) is 21.1. The van der Waals surface area contributed by atoms with Gasteiger partial charge in [0.15, 0.2) is 15.6 Å². The van der Waals surface area contributed by atoms with Crippen molar-refractivity contribution in [2.75, 3.05) is 5.75 Å². The van der Waals surface area contributed by atoms with Crippen LogP contribution in [0.15, 0.2) is 111 Å². The number of hydrogen-bond acceptors (Lipinski definition) is 6. The molecule has 45 heavy (non-hydrogen) atoms. The molecular formula is C32H26F3NO7S2. The van der Waals surface area contributed by atoms with E-state index in [9.17, 15) is 34.8 Å². The number of carboxylic acids is 1. The molecule has 0 unspecified atom stereocenters. The van der Waals surface area contributed by atoms with Gasteiger partial charge in [0.05, 0.1) is 16.3 Å². The fraction of sp³-hybridized carbons (Fsp3) is 0.156. The number of hydrogen-bond donors (Lipinski definition) is 1. The summed E-state index contributed by atoms with van der Waals surface area (Å²) < 4.78 is 99.1. The Balaban J connectivity index is 1.51. The average molecular weight is 658 g/mol. The number of carboxylic acid groups (broad SMARTS) is 1. The summed E-state index contributed by atoms with van der Waals surface area (Å²) in [7, 11) is -8.36. The first-order valence-electron chi connectivity index (χ1n) is 13.4. The highest BCUT2D eigenvalue weighted by molar-refractivity contribution is 7.92. The van der Waals surface area contributed by atoms with E-state index >= 15 is 0 Å². The number of aliphatic carboxylic acids is 1. The van der Waals surface area contributed by atoms with Gasteiger partial charge in [-0.1, -0.05) is 72.8 Å². The third-order valence-corrected chi connectivity index (χ3v) is 10.7. The molecule has 0 fully saturated rings. The Labute approximate surface area is 257 Å². The second-order valence-electron chi connectivity index (χ2n) is 10.3. The van der Waals surface area contributed by atoms with Crippen molar-refractivity contribution < 1.29 is 44.3 Å². The van der Waals surface area contributed by atoms with Crippen molar-refractivity contribution in [1.82, 2.24) is 4.31 Å². The fourth-order valence-corrected chi connectivity index (χ4v) is 7.86. The van der Waals surface area contributed by atoms with Crippen molar-refractivity contribution in [1.29, 1.82) is 0 Å². The number of nitrogens with zero attached hydrogens (tertiary/aromatic N) is 1. The molecule has 5 aromatic rings. The molecule has 0 aliphatic carbocycles. The van der Waals surface area contributed by atoms with Crippen LogP contribution in [0.25, 0.3) is 21.9 Å². The van der Waals surface area contributed by atoms with E-state index < -0.39 is 50.1 Å². The van der Waals surface area contributed by atoms with Crippen molar-refractivity contribution in [3.05, 3.63) is 120 Å². The smallest absolute Gasteiger partial charge is 0.449 e. The molecule has 0 bridgehead atoms. The standard InChI is InChI=1S/C32H26F3NO7S2/c1-21-9-12-24-5-2-3-8-28(24)31(21)45(41,42)36(19-26-15-16-29(43-26)32(33,34)35)18-22-10-13-23(14-11-22)25-6-4-7-27(17-25)44(39,40)20-30(37)38/h2-17H,18-20H2,1H3,(H,37,38). The summed E-state index contributed by atoms with van der Waals surface area (Å²) in [6.45, 7) is 0.943. The normalized spacial score (nSPS) is 12.6. The number of sulfonamides is 1. The Morgan fingerprint density at radius 1 is 0.822 bits per heavy atom. The van der Waals surface area contributed by atoms with E-state index in [1.165, 1.54) is 18.2 Å². The zero-order valence-corrected chi connectivity index (χ0v) is 25.3. The molecule has 1 aromatic heterocycles. The maximum Gasteiger partial charge on any atom is 0.449 e. The topological polar surface area (TPSA) is 122 Å². The van der Waals surface area contributed by atoms with Crippen LogP contribution in [-0.2, 0) is 43.9 Å². The number of fused-ring (bicyclic) bond motifs is 1. The van der Waals surface area contributed by atoms with Gasteiger partial charge in [-0.2, -0.15) is 17.5 Å². The number of rotatable bonds is 10. The SMILES string of the molecule is Cc1ccc2ccccc2c1S(=O)(=O)N(Cc1ccc(-c2cccc(S(=O)(=O)CC(=O)O)c2)cc1)Cc1ccc(C(F)(F)F)o1. The van der Waals surface area contributed by atoms with Gasteiger partial charge in [0.25, 0.3) is 0 Å². The highest BCUT2D eigenvalue weighted by atomic mass is 32.2. The predicted octanol–water partition coefficient (Wildman–Crippen LogP) is 6.68. The van der Waals surface area contributed by atoms with Crippen LogP contribution in [0.3, 0.4) is 0 Å². The number of halogens is 3. The van der Waals surface area contributed by atoms with Crippen LogP contribution in [0, 0.1) is 6.92 Å². The molecule has 4 aromatic carbocycles. The van der Waals surface area contributed by atoms with Crippen molar-refractivity contribution in [2.45, 2.75) is 36.0 Å². The zero-order chi connectivity index (χ0) is 32.6. The first-order valence-corrected chi connectivity index (χ1v) is 16.5. The van der Waals surface area contributed by atoms with Gasteiger partial charge in [0.1, 0.15) is 5.76 Å². The quantitative estimate of drug-likeness (QED) is 0.178. The summed E-state index contributed by atoms with van der Waals surface area (Å²) >= 11 is 0. The lowest BCUT2D eigenvalue weighted by Gasteiger charge is -2.24. The van der Waals surface area contributed by atoms with Gasteiger partial charge in [-0.05, 0) is 58.8 Å². The Morgan fingerprint density at radius 2 is 1.53 bits per heavy atom. The highest BCUT2D eigenvalue weighted by Crippen LogP contribution is 2.34. The monoisotopic (exact) mass is 657 g/mol. The van der Waals surface area contributed by atoms with E-state index in [0.717, 1.165) is 16.4 Å². The molecule has 0 radical (unpaired) electrons. The Morgan fingerprint density at radius 3 is 2.20 bits per heavy atom. The lowest BCUT2D eigenvalue weighted by Crippen LogP contribution is -2.31. The van der Waals surface area contributed by atoms with Crippen LogP contribution in [-0.4, -0.2) is 38.0 Å². The molecular weight excluding hydrogens is 631 g/mol. The average Bonchev–Trinajstić information content (AvgIpc) is 3.46. The number of furan rings is 1. The van der Waals surface area contributed by atoms with E-state index in [1.807, 2.05) is 0 Å². The lowest BCUT2D eigenvalue weighted by molar-refractivity contribution is -0.153. The summed E-state index contributed by atoms with van der Waals surface area (Å²) in [5, 5.41) is 10.1. The summed E-state index contributed by atoms with van der Waals surface area (Å²) in [6.07, 6.45) is -4.74. The third-order valence-electron chi connectivity index (χ3n) is 7.10. The second-order valence-corrected chi connectivity index (χ2v) is 14.2. The van der Waals surface area contributed by atoms with Gasteiger partial charge in [-0.15, -0.1) is 0 Å². The maximum atomic E-state index is 14.2. The van der Waals surface area contributed by atoms with Crippen LogP contribution < -0.4 is 0 Å². The minimum atomic E-state index is -4.74. The number of benzene rings is 4. The molecule has 0 saturated heterocycles. The fourth-order valence-electron chi connectivity index (χ4n) is 4.96. The zero-order valence-electron chi connectivity index (χ0n) is 23.7. The van der Waals surface area contributed by atoms with Crippen LogP contribution in [0.1, 0.15) is 22.6 Å². The molecule has 0 atom stereocenters. The predicted molar refractivity (Wildman–Crippen MR) is 160 cm³/mol. The van der Waals surface area contributed by atoms with Crippen LogP contribution in [0.5, 0.6) is 0 Å². The molecule has 5 rings (SSSR count). The van der Waals surface area contributed by atoms with E-state index in [-0.39, 0.29) is 22.1 Å². The lowest BCUT2D eigenvalue weighted by atomic mass is 10.0. The van der Waals surface area contributed by atoms with Gasteiger partial charge < -0.3 is 9.52 Å². The van der Waals surface area contributed by atoms with Gasteiger partial charge in [0.2, 0.25) is 15.8 Å². The van der Waals surface area contributed by atoms with Crippen LogP contribution in [0.2, 0.25) is 0 Å². The Hall–Kier alpha value is -4.46. The van der Waals surface area contributed by atoms with Crippen LogP contribution >= 0.6 is 0 Å². The minimum Gasteiger partial charge on any atom is -0.480 e. The van der Waals surface area contributed by atoms with E-state index in [2.05, 4.69) is 0 Å². The van der Waals surface area contributed by atoms with Crippen molar-refractivity contribution in [2.24, 2.45) is 0 Å². The van der Waals surface area contributed by atoms with Gasteiger partial charge in [-0.25, -0.2) is 16.8 Å².